The van der Waals surface area contributed by atoms with Crippen molar-refractivity contribution in [1.82, 2.24) is 4.31 Å². The first kappa shape index (κ1) is 12.3. The molecule has 15 heavy (non-hydrogen) atoms. The maximum Gasteiger partial charge on any atom is 0.350 e. The molecule has 1 fully saturated rings. The highest BCUT2D eigenvalue weighted by atomic mass is 32.2. The second-order valence-corrected chi connectivity index (χ2v) is 5.34. The van der Waals surface area contributed by atoms with Crippen molar-refractivity contribution in [1.29, 1.82) is 0 Å². The monoisotopic (exact) mass is 243 g/mol. The molecular weight excluding hydrogens is 232 g/mol. The molecule has 0 unspecified atom stereocenters. The molecule has 0 aromatic rings. The minimum Gasteiger partial charge on any atom is -0.480 e. The molecule has 1 aliphatic carbocycles. The van der Waals surface area contributed by atoms with E-state index >= 15 is 0 Å². The van der Waals surface area contributed by atoms with Crippen molar-refractivity contribution in [3.8, 4) is 0 Å². The Balaban J connectivity index is 2.73. The number of carbonyl (C=O) groups is 1. The molecule has 0 aliphatic heterocycles. The van der Waals surface area contributed by atoms with Crippen LogP contribution in [0.5, 0.6) is 0 Å². The molecule has 0 saturated heterocycles. The highest BCUT2D eigenvalue weighted by Gasteiger charge is 2.37. The van der Waals surface area contributed by atoms with E-state index in [4.69, 9.17) is 5.11 Å². The number of carboxylic acids is 1. The summed E-state index contributed by atoms with van der Waals surface area (Å²) in [6.45, 7) is -1.03. The number of hydrogen-bond acceptors (Lipinski definition) is 3. The van der Waals surface area contributed by atoms with Crippen LogP contribution in [0.1, 0.15) is 12.8 Å². The minimum atomic E-state index is -4.77. The van der Waals surface area contributed by atoms with Crippen molar-refractivity contribution in [2.45, 2.75) is 18.6 Å². The fraction of sp³-hybridized carbons (Fsp3) is 0.857. The Morgan fingerprint density at radius 1 is 1.47 bits per heavy atom. The molecule has 0 heterocycles. The molecule has 88 valence electrons. The topological polar surface area (TPSA) is 74.7 Å². The Hall–Kier alpha value is -0.760. The third-order valence-electron chi connectivity index (χ3n) is 2.06. The Bertz CT molecular complexity index is 339. The van der Waals surface area contributed by atoms with E-state index in [2.05, 4.69) is 0 Å². The molecule has 0 aromatic heterocycles. The van der Waals surface area contributed by atoms with Crippen molar-refractivity contribution in [3.63, 3.8) is 0 Å². The zero-order valence-corrected chi connectivity index (χ0v) is 8.58. The lowest BCUT2D eigenvalue weighted by molar-refractivity contribution is -0.137. The van der Waals surface area contributed by atoms with Gasteiger partial charge < -0.3 is 5.11 Å². The molecule has 1 aliphatic rings. The largest absolute Gasteiger partial charge is 0.480 e. The first-order valence-electron chi connectivity index (χ1n) is 4.33. The minimum absolute atomic E-state index is 0.0258. The predicted molar refractivity (Wildman–Crippen MR) is 46.9 cm³/mol. The van der Waals surface area contributed by atoms with E-state index in [0.29, 0.717) is 4.31 Å². The van der Waals surface area contributed by atoms with Gasteiger partial charge in [0.25, 0.3) is 10.0 Å². The van der Waals surface area contributed by atoms with Crippen LogP contribution in [0.4, 0.5) is 8.78 Å². The molecule has 0 radical (unpaired) electrons. The SMILES string of the molecule is O=C(O)CN(CC1CC1)S(=O)(=O)C(F)F. The number of nitrogens with zero attached hydrogens (tertiary/aromatic N) is 1. The van der Waals surface area contributed by atoms with E-state index < -0.39 is 28.3 Å². The van der Waals surface area contributed by atoms with Crippen molar-refractivity contribution >= 4 is 16.0 Å². The van der Waals surface area contributed by atoms with Gasteiger partial charge in [-0.15, -0.1) is 0 Å². The quantitative estimate of drug-likeness (QED) is 0.729. The summed E-state index contributed by atoms with van der Waals surface area (Å²) in [5.41, 5.74) is 0. The summed E-state index contributed by atoms with van der Waals surface area (Å²) < 4.78 is 46.8. The molecule has 1 saturated carbocycles. The molecule has 0 spiro atoms. The van der Waals surface area contributed by atoms with Crippen molar-refractivity contribution in [3.05, 3.63) is 0 Å². The number of alkyl halides is 2. The van der Waals surface area contributed by atoms with Crippen LogP contribution in [0.2, 0.25) is 0 Å². The zero-order valence-electron chi connectivity index (χ0n) is 7.77. The van der Waals surface area contributed by atoms with Gasteiger partial charge in [0.2, 0.25) is 0 Å². The van der Waals surface area contributed by atoms with Crippen LogP contribution in [-0.4, -0.2) is 42.6 Å². The van der Waals surface area contributed by atoms with E-state index in [-0.39, 0.29) is 12.5 Å². The highest BCUT2D eigenvalue weighted by molar-refractivity contribution is 7.89. The summed E-state index contributed by atoms with van der Waals surface area (Å²) in [7, 11) is -4.77. The van der Waals surface area contributed by atoms with Gasteiger partial charge in [-0.3, -0.25) is 4.79 Å². The van der Waals surface area contributed by atoms with Gasteiger partial charge in [0.05, 0.1) is 0 Å². The van der Waals surface area contributed by atoms with Crippen LogP contribution < -0.4 is 0 Å². The molecule has 0 amide bonds. The smallest absolute Gasteiger partial charge is 0.350 e. The lowest BCUT2D eigenvalue weighted by atomic mass is 10.4. The molecular formula is C7H11F2NO4S. The number of sulfonamides is 1. The fourth-order valence-corrected chi connectivity index (χ4v) is 2.04. The van der Waals surface area contributed by atoms with Gasteiger partial charge in [-0.25, -0.2) is 8.42 Å². The van der Waals surface area contributed by atoms with Gasteiger partial charge in [0.1, 0.15) is 6.54 Å². The van der Waals surface area contributed by atoms with Gasteiger partial charge in [0, 0.05) is 6.54 Å². The Kier molecular flexibility index (Phi) is 3.61. The molecule has 8 heteroatoms. The zero-order chi connectivity index (χ0) is 11.6. The lowest BCUT2D eigenvalue weighted by Gasteiger charge is -2.19. The van der Waals surface area contributed by atoms with E-state index in [1.54, 1.807) is 0 Å². The van der Waals surface area contributed by atoms with Crippen LogP contribution in [0, 0.1) is 5.92 Å². The maximum atomic E-state index is 12.2. The average Bonchev–Trinajstić information content (AvgIpc) is 2.85. The first-order chi connectivity index (χ1) is 6.84. The summed E-state index contributed by atoms with van der Waals surface area (Å²) in [6.07, 6.45) is 1.52. The van der Waals surface area contributed by atoms with Crippen molar-refractivity contribution in [2.24, 2.45) is 5.92 Å². The second-order valence-electron chi connectivity index (χ2n) is 3.44. The molecule has 5 nitrogen and oxygen atoms in total. The molecule has 0 atom stereocenters. The van der Waals surface area contributed by atoms with Crippen molar-refractivity contribution < 1.29 is 27.1 Å². The van der Waals surface area contributed by atoms with Crippen LogP contribution in [0.15, 0.2) is 0 Å². The van der Waals surface area contributed by atoms with Crippen LogP contribution in [-0.2, 0) is 14.8 Å². The fourth-order valence-electron chi connectivity index (χ4n) is 1.11. The Labute approximate surface area is 85.7 Å². The summed E-state index contributed by atoms with van der Waals surface area (Å²) in [5.74, 6) is -4.96. The number of carboxylic acid groups (broad SMARTS) is 1. The molecule has 1 N–H and O–H groups in total. The highest BCUT2D eigenvalue weighted by Crippen LogP contribution is 2.31. The van der Waals surface area contributed by atoms with E-state index in [1.165, 1.54) is 0 Å². The maximum absolute atomic E-state index is 12.2. The van der Waals surface area contributed by atoms with Gasteiger partial charge >= 0.3 is 11.7 Å². The average molecular weight is 243 g/mol. The van der Waals surface area contributed by atoms with Gasteiger partial charge in [-0.05, 0) is 18.8 Å². The van der Waals surface area contributed by atoms with E-state index in [0.717, 1.165) is 12.8 Å². The van der Waals surface area contributed by atoms with E-state index in [1.807, 2.05) is 0 Å². The van der Waals surface area contributed by atoms with Crippen LogP contribution >= 0.6 is 0 Å². The Morgan fingerprint density at radius 3 is 2.33 bits per heavy atom. The van der Waals surface area contributed by atoms with Gasteiger partial charge in [-0.1, -0.05) is 0 Å². The number of halogens is 2. The summed E-state index contributed by atoms with van der Waals surface area (Å²) in [4.78, 5) is 10.3. The van der Waals surface area contributed by atoms with Crippen LogP contribution in [0.3, 0.4) is 0 Å². The Morgan fingerprint density at radius 2 is 2.00 bits per heavy atom. The van der Waals surface area contributed by atoms with Crippen LogP contribution in [0.25, 0.3) is 0 Å². The second kappa shape index (κ2) is 4.40. The van der Waals surface area contributed by atoms with Gasteiger partial charge in [0.15, 0.2) is 0 Å². The summed E-state index contributed by atoms with van der Waals surface area (Å²) in [6, 6.07) is 0. The van der Waals surface area contributed by atoms with Crippen molar-refractivity contribution in [2.75, 3.05) is 13.1 Å². The summed E-state index contributed by atoms with van der Waals surface area (Å²) in [5, 5.41) is 8.41. The number of aliphatic carboxylic acids is 1. The molecule has 0 bridgehead atoms. The van der Waals surface area contributed by atoms with Gasteiger partial charge in [-0.2, -0.15) is 13.1 Å². The standard InChI is InChI=1S/C7H11F2NO4S/c8-7(9)15(13,14)10(4-6(11)12)3-5-1-2-5/h5,7H,1-4H2,(H,11,12). The lowest BCUT2D eigenvalue weighted by Crippen LogP contribution is -2.40. The number of rotatable bonds is 6. The predicted octanol–water partition coefficient (Wildman–Crippen LogP) is 0.335. The molecule has 1 rings (SSSR count). The third-order valence-corrected chi connectivity index (χ3v) is 3.50. The third kappa shape index (κ3) is 3.38. The van der Waals surface area contributed by atoms with E-state index in [9.17, 15) is 22.0 Å². The molecule has 0 aromatic carbocycles. The number of hydrogen-bond donors (Lipinski definition) is 1. The normalized spacial score (nSPS) is 17.3. The summed E-state index contributed by atoms with van der Waals surface area (Å²) >= 11 is 0. The first-order valence-corrected chi connectivity index (χ1v) is 5.83.